The quantitative estimate of drug-likeness (QED) is 0.222. The molecule has 14 heteroatoms. The van der Waals surface area contributed by atoms with Crippen molar-refractivity contribution in [3.8, 4) is 34.3 Å². The number of phenols is 1. The largest absolute Gasteiger partial charge is 0.507 e. The third-order valence-electron chi connectivity index (χ3n) is 8.60. The Morgan fingerprint density at radius 2 is 1.49 bits per heavy atom. The number of aliphatic hydroxyl groups excluding tert-OH is 5. The fourth-order valence-corrected chi connectivity index (χ4v) is 5.85. The van der Waals surface area contributed by atoms with Crippen LogP contribution in [0.1, 0.15) is 33.3 Å². The first-order valence-corrected chi connectivity index (χ1v) is 15.1. The molecule has 0 amide bonds. The van der Waals surface area contributed by atoms with E-state index in [1.807, 2.05) is 13.8 Å². The summed E-state index contributed by atoms with van der Waals surface area (Å²) >= 11 is 0. The van der Waals surface area contributed by atoms with Crippen molar-refractivity contribution < 1.29 is 63.5 Å². The van der Waals surface area contributed by atoms with Crippen molar-refractivity contribution in [3.63, 3.8) is 0 Å². The standard InChI is InChI=1S/C33H38O14/c1-13-21(35)24(38)26(40)31(42-13)46-30-25(39)22(36)14(2)43-32(30)45-29-23(37)20-18(34)12-19-17(10-11-33(3,4)47-19)28(20)44-27(29)15-6-8-16(41-5)9-7-15/h6-14,21-22,24-26,30-32,34-36,38-40H,1-5H3/t13-,14-,21-,22-,24+,25+,26+,30+,31-,32-/m0/s1. The first-order chi connectivity index (χ1) is 22.2. The van der Waals surface area contributed by atoms with Crippen molar-refractivity contribution in [2.75, 3.05) is 7.11 Å². The van der Waals surface area contributed by atoms with Crippen LogP contribution in [0.25, 0.3) is 28.4 Å². The van der Waals surface area contributed by atoms with E-state index in [2.05, 4.69) is 0 Å². The molecule has 254 valence electrons. The van der Waals surface area contributed by atoms with Crippen LogP contribution in [0, 0.1) is 0 Å². The van der Waals surface area contributed by atoms with Gasteiger partial charge in [0.1, 0.15) is 58.8 Å². The van der Waals surface area contributed by atoms with Gasteiger partial charge in [-0.25, -0.2) is 0 Å². The second kappa shape index (κ2) is 12.4. The molecule has 6 N–H and O–H groups in total. The van der Waals surface area contributed by atoms with E-state index in [9.17, 15) is 35.4 Å². The number of fused-ring (bicyclic) bond motifs is 3. The first-order valence-electron chi connectivity index (χ1n) is 15.1. The molecule has 2 aromatic carbocycles. The van der Waals surface area contributed by atoms with Gasteiger partial charge in [-0.05, 0) is 64.1 Å². The SMILES string of the molecule is COc1ccc(-c2oc3c4c(cc(O)c3c(=O)c2O[C@@H]2O[C@@H](C)[C@H](O)[C@@H](O)[C@H]2O[C@@H]2O[C@@H](C)[C@H](O)[C@@H](O)[C@H]2O)OC(C)(C)C=C4)cc1. The molecular weight excluding hydrogens is 620 g/mol. The molecule has 0 radical (unpaired) electrons. The minimum Gasteiger partial charge on any atom is -0.507 e. The summed E-state index contributed by atoms with van der Waals surface area (Å²) in [6, 6.07) is 7.83. The third-order valence-corrected chi connectivity index (χ3v) is 8.60. The molecule has 0 saturated carbocycles. The van der Waals surface area contributed by atoms with E-state index in [-0.39, 0.29) is 16.7 Å². The van der Waals surface area contributed by atoms with Crippen LogP contribution in [0.5, 0.6) is 23.0 Å². The maximum absolute atomic E-state index is 14.3. The van der Waals surface area contributed by atoms with E-state index in [0.29, 0.717) is 22.6 Å². The Morgan fingerprint density at radius 1 is 0.851 bits per heavy atom. The van der Waals surface area contributed by atoms with Gasteiger partial charge in [-0.2, -0.15) is 0 Å². The molecule has 1 aromatic heterocycles. The predicted octanol–water partition coefficient (Wildman–Crippen LogP) is 1.42. The second-order valence-electron chi connectivity index (χ2n) is 12.5. The average Bonchev–Trinajstić information content (AvgIpc) is 3.03. The summed E-state index contributed by atoms with van der Waals surface area (Å²) in [4.78, 5) is 14.3. The van der Waals surface area contributed by atoms with Gasteiger partial charge < -0.3 is 63.5 Å². The zero-order valence-corrected chi connectivity index (χ0v) is 26.3. The van der Waals surface area contributed by atoms with Crippen LogP contribution < -0.4 is 19.6 Å². The van der Waals surface area contributed by atoms with E-state index in [1.54, 1.807) is 36.4 Å². The van der Waals surface area contributed by atoms with Crippen LogP contribution >= 0.6 is 0 Å². The molecule has 3 aliphatic rings. The highest BCUT2D eigenvalue weighted by Crippen LogP contribution is 2.43. The third kappa shape index (κ3) is 5.96. The Labute approximate surface area is 268 Å². The number of benzene rings is 2. The Morgan fingerprint density at radius 3 is 2.15 bits per heavy atom. The van der Waals surface area contributed by atoms with Gasteiger partial charge in [0.25, 0.3) is 0 Å². The number of aliphatic hydroxyl groups is 5. The number of methoxy groups -OCH3 is 1. The molecule has 3 aromatic rings. The van der Waals surface area contributed by atoms with Crippen molar-refractivity contribution in [3.05, 3.63) is 52.2 Å². The fraction of sp³-hybridized carbons (Fsp3) is 0.485. The van der Waals surface area contributed by atoms with E-state index in [0.717, 1.165) is 0 Å². The maximum atomic E-state index is 14.3. The van der Waals surface area contributed by atoms with E-state index in [1.165, 1.54) is 27.0 Å². The number of rotatable bonds is 6. The summed E-state index contributed by atoms with van der Waals surface area (Å²) < 4.78 is 41.1. The molecule has 0 unspecified atom stereocenters. The van der Waals surface area contributed by atoms with Gasteiger partial charge in [0.05, 0.1) is 24.9 Å². The summed E-state index contributed by atoms with van der Waals surface area (Å²) in [6.45, 7) is 6.58. The molecular formula is C33H38O14. The van der Waals surface area contributed by atoms with Crippen molar-refractivity contribution >= 4 is 17.0 Å². The Balaban J connectivity index is 1.48. The molecule has 0 bridgehead atoms. The van der Waals surface area contributed by atoms with Crippen molar-refractivity contribution in [1.29, 1.82) is 0 Å². The zero-order valence-electron chi connectivity index (χ0n) is 26.3. The topological polar surface area (TPSA) is 207 Å². The average molecular weight is 659 g/mol. The molecule has 4 heterocycles. The first kappa shape index (κ1) is 33.2. The zero-order chi connectivity index (χ0) is 33.9. The smallest absolute Gasteiger partial charge is 0.239 e. The lowest BCUT2D eigenvalue weighted by molar-refractivity contribution is -0.352. The molecule has 0 spiro atoms. The molecule has 47 heavy (non-hydrogen) atoms. The second-order valence-corrected chi connectivity index (χ2v) is 12.5. The summed E-state index contributed by atoms with van der Waals surface area (Å²) in [7, 11) is 1.50. The van der Waals surface area contributed by atoms with Crippen molar-refractivity contribution in [1.82, 2.24) is 0 Å². The highest BCUT2D eigenvalue weighted by Gasteiger charge is 2.50. The van der Waals surface area contributed by atoms with Gasteiger partial charge in [-0.15, -0.1) is 0 Å². The normalized spacial score (nSPS) is 33.2. The molecule has 3 aliphatic heterocycles. The lowest BCUT2D eigenvalue weighted by Gasteiger charge is -2.45. The molecule has 10 atom stereocenters. The molecule has 14 nitrogen and oxygen atoms in total. The number of ether oxygens (including phenoxy) is 6. The van der Waals surface area contributed by atoms with Crippen LogP contribution in [0.3, 0.4) is 0 Å². The minimum atomic E-state index is -1.76. The van der Waals surface area contributed by atoms with E-state index in [4.69, 9.17) is 32.8 Å². The maximum Gasteiger partial charge on any atom is 0.239 e. The Hall–Kier alpha value is -3.73. The summed E-state index contributed by atoms with van der Waals surface area (Å²) in [5.41, 5.74) is -0.677. The molecule has 6 rings (SSSR count). The number of phenolic OH excluding ortho intramolecular Hbond substituents is 1. The number of hydrogen-bond acceptors (Lipinski definition) is 14. The monoisotopic (exact) mass is 658 g/mol. The van der Waals surface area contributed by atoms with Gasteiger partial charge in [0.15, 0.2) is 23.7 Å². The lowest BCUT2D eigenvalue weighted by Crippen LogP contribution is -2.63. The van der Waals surface area contributed by atoms with Crippen LogP contribution in [-0.4, -0.2) is 105 Å². The summed E-state index contributed by atoms with van der Waals surface area (Å²) in [5.74, 6) is -0.125. The summed E-state index contributed by atoms with van der Waals surface area (Å²) in [5, 5.41) is 63.6. The Bertz CT molecular complexity index is 1720. The highest BCUT2D eigenvalue weighted by molar-refractivity contribution is 5.95. The Kier molecular flexibility index (Phi) is 8.74. The van der Waals surface area contributed by atoms with E-state index < -0.39 is 83.9 Å². The minimum absolute atomic E-state index is 0.0244. The van der Waals surface area contributed by atoms with Gasteiger partial charge in [-0.1, -0.05) is 0 Å². The van der Waals surface area contributed by atoms with Crippen LogP contribution in [0.2, 0.25) is 0 Å². The van der Waals surface area contributed by atoms with Crippen molar-refractivity contribution in [2.45, 2.75) is 94.7 Å². The van der Waals surface area contributed by atoms with Crippen LogP contribution in [0.15, 0.2) is 45.6 Å². The highest BCUT2D eigenvalue weighted by atomic mass is 16.8. The van der Waals surface area contributed by atoms with Crippen molar-refractivity contribution in [2.24, 2.45) is 0 Å². The number of aromatic hydroxyl groups is 1. The van der Waals surface area contributed by atoms with Crippen LogP contribution in [0.4, 0.5) is 0 Å². The van der Waals surface area contributed by atoms with Gasteiger partial charge in [0, 0.05) is 11.6 Å². The van der Waals surface area contributed by atoms with Gasteiger partial charge in [0.2, 0.25) is 17.5 Å². The van der Waals surface area contributed by atoms with Gasteiger partial charge >= 0.3 is 0 Å². The van der Waals surface area contributed by atoms with Crippen LogP contribution in [-0.2, 0) is 14.2 Å². The molecule has 2 fully saturated rings. The fourth-order valence-electron chi connectivity index (χ4n) is 5.85. The lowest BCUT2D eigenvalue weighted by atomic mass is 9.98. The summed E-state index contributed by atoms with van der Waals surface area (Å²) in [6.07, 6.45) is -11.3. The van der Waals surface area contributed by atoms with E-state index >= 15 is 0 Å². The number of hydrogen-bond donors (Lipinski definition) is 6. The van der Waals surface area contributed by atoms with Gasteiger partial charge in [-0.3, -0.25) is 4.79 Å². The predicted molar refractivity (Wildman–Crippen MR) is 164 cm³/mol. The molecule has 0 aliphatic carbocycles. The molecule has 2 saturated heterocycles.